The molecule has 0 bridgehead atoms. The molecule has 0 heterocycles. The SMILES string of the molecule is CCOC(=O)CCC1CC(C(C)(C)C)C(N=O)C(C(C)(C)C)C1. The van der Waals surface area contributed by atoms with Gasteiger partial charge < -0.3 is 4.74 Å². The lowest BCUT2D eigenvalue weighted by molar-refractivity contribution is -0.143. The Morgan fingerprint density at radius 2 is 1.52 bits per heavy atom. The van der Waals surface area contributed by atoms with E-state index in [0.717, 1.165) is 19.3 Å². The minimum absolute atomic E-state index is 0.0463. The Morgan fingerprint density at radius 1 is 1.04 bits per heavy atom. The molecule has 1 rings (SSSR count). The van der Waals surface area contributed by atoms with Gasteiger partial charge in [0.2, 0.25) is 0 Å². The van der Waals surface area contributed by atoms with Gasteiger partial charge in [0, 0.05) is 6.42 Å². The molecule has 4 nitrogen and oxygen atoms in total. The molecule has 134 valence electrons. The van der Waals surface area contributed by atoms with Crippen LogP contribution < -0.4 is 0 Å². The number of carbonyl (C=O) groups is 1. The van der Waals surface area contributed by atoms with Gasteiger partial charge in [0.05, 0.1) is 12.6 Å². The van der Waals surface area contributed by atoms with Gasteiger partial charge in [0.25, 0.3) is 0 Å². The Hall–Kier alpha value is -0.930. The third-order valence-corrected chi connectivity index (χ3v) is 5.41. The summed E-state index contributed by atoms with van der Waals surface area (Å²) in [6.07, 6.45) is 3.28. The number of ether oxygens (including phenoxy) is 1. The van der Waals surface area contributed by atoms with Gasteiger partial charge in [-0.2, -0.15) is 4.91 Å². The fourth-order valence-electron chi connectivity index (χ4n) is 4.04. The van der Waals surface area contributed by atoms with Gasteiger partial charge in [-0.25, -0.2) is 0 Å². The third kappa shape index (κ3) is 5.58. The lowest BCUT2D eigenvalue weighted by Crippen LogP contribution is -2.46. The van der Waals surface area contributed by atoms with Crippen molar-refractivity contribution < 1.29 is 9.53 Å². The Bertz CT molecular complexity index is 382. The number of hydrogen-bond acceptors (Lipinski definition) is 4. The van der Waals surface area contributed by atoms with Crippen molar-refractivity contribution in [2.75, 3.05) is 6.61 Å². The lowest BCUT2D eigenvalue weighted by atomic mass is 9.57. The van der Waals surface area contributed by atoms with E-state index < -0.39 is 0 Å². The molecule has 0 amide bonds. The highest BCUT2D eigenvalue weighted by atomic mass is 16.5. The Morgan fingerprint density at radius 3 is 1.87 bits per heavy atom. The highest BCUT2D eigenvalue weighted by Gasteiger charge is 2.47. The molecule has 0 aromatic heterocycles. The van der Waals surface area contributed by atoms with Gasteiger partial charge in [-0.05, 0) is 54.8 Å². The number of esters is 1. The van der Waals surface area contributed by atoms with E-state index >= 15 is 0 Å². The molecular weight excluding hydrogens is 290 g/mol. The predicted molar refractivity (Wildman–Crippen MR) is 94.1 cm³/mol. The molecule has 0 aromatic carbocycles. The molecule has 0 aliphatic heterocycles. The molecule has 1 aliphatic carbocycles. The zero-order valence-electron chi connectivity index (χ0n) is 16.0. The molecule has 2 atom stereocenters. The first-order valence-electron chi connectivity index (χ1n) is 8.98. The number of nitrogens with zero attached hydrogens (tertiary/aromatic N) is 1. The molecule has 0 saturated heterocycles. The number of rotatable bonds is 5. The summed E-state index contributed by atoms with van der Waals surface area (Å²) in [6.45, 7) is 15.5. The van der Waals surface area contributed by atoms with Gasteiger partial charge in [0.15, 0.2) is 0 Å². The largest absolute Gasteiger partial charge is 0.466 e. The van der Waals surface area contributed by atoms with Crippen molar-refractivity contribution in [3.63, 3.8) is 0 Å². The van der Waals surface area contributed by atoms with Crippen LogP contribution in [-0.2, 0) is 9.53 Å². The summed E-state index contributed by atoms with van der Waals surface area (Å²) >= 11 is 0. The zero-order valence-corrected chi connectivity index (χ0v) is 16.0. The van der Waals surface area contributed by atoms with Crippen LogP contribution in [0.4, 0.5) is 0 Å². The van der Waals surface area contributed by atoms with E-state index in [1.165, 1.54) is 0 Å². The van der Waals surface area contributed by atoms with Crippen LogP contribution in [0.25, 0.3) is 0 Å². The van der Waals surface area contributed by atoms with Crippen molar-refractivity contribution in [3.8, 4) is 0 Å². The maximum atomic E-state index is 11.7. The molecule has 0 N–H and O–H groups in total. The number of hydrogen-bond donors (Lipinski definition) is 0. The van der Waals surface area contributed by atoms with Crippen LogP contribution in [0.1, 0.15) is 74.1 Å². The van der Waals surface area contributed by atoms with Crippen molar-refractivity contribution in [3.05, 3.63) is 4.91 Å². The second-order valence-corrected chi connectivity index (χ2v) is 9.22. The van der Waals surface area contributed by atoms with E-state index in [9.17, 15) is 9.70 Å². The second kappa shape index (κ2) is 7.76. The van der Waals surface area contributed by atoms with Crippen molar-refractivity contribution in [2.24, 2.45) is 33.8 Å². The number of nitroso groups, excluding NO2 is 1. The molecular formula is C19H35NO3. The molecule has 1 saturated carbocycles. The van der Waals surface area contributed by atoms with E-state index in [1.807, 2.05) is 6.92 Å². The minimum atomic E-state index is -0.131. The van der Waals surface area contributed by atoms with E-state index in [-0.39, 0.29) is 34.7 Å². The second-order valence-electron chi connectivity index (χ2n) is 9.22. The van der Waals surface area contributed by atoms with E-state index in [4.69, 9.17) is 4.74 Å². The van der Waals surface area contributed by atoms with E-state index in [1.54, 1.807) is 0 Å². The smallest absolute Gasteiger partial charge is 0.305 e. The lowest BCUT2D eigenvalue weighted by Gasteiger charge is -2.48. The summed E-state index contributed by atoms with van der Waals surface area (Å²) in [7, 11) is 0. The highest BCUT2D eigenvalue weighted by molar-refractivity contribution is 5.69. The normalized spacial score (nSPS) is 29.2. The fraction of sp³-hybridized carbons (Fsp3) is 0.947. The third-order valence-electron chi connectivity index (χ3n) is 5.41. The van der Waals surface area contributed by atoms with Crippen LogP contribution in [0.15, 0.2) is 5.18 Å². The summed E-state index contributed by atoms with van der Waals surface area (Å²) in [5.74, 6) is 0.893. The topological polar surface area (TPSA) is 55.7 Å². The summed E-state index contributed by atoms with van der Waals surface area (Å²) in [5, 5.41) is 3.56. The Labute approximate surface area is 141 Å². The van der Waals surface area contributed by atoms with Crippen LogP contribution in [-0.4, -0.2) is 18.6 Å². The molecule has 1 aliphatic rings. The fourth-order valence-corrected chi connectivity index (χ4v) is 4.04. The van der Waals surface area contributed by atoms with Crippen LogP contribution in [0.5, 0.6) is 0 Å². The Balaban J connectivity index is 2.91. The molecule has 0 spiro atoms. The van der Waals surface area contributed by atoms with E-state index in [0.29, 0.717) is 18.9 Å². The van der Waals surface area contributed by atoms with Gasteiger partial charge >= 0.3 is 5.97 Å². The molecule has 23 heavy (non-hydrogen) atoms. The number of carbonyl (C=O) groups excluding carboxylic acids is 1. The van der Waals surface area contributed by atoms with E-state index in [2.05, 4.69) is 46.7 Å². The van der Waals surface area contributed by atoms with Crippen molar-refractivity contribution in [1.29, 1.82) is 0 Å². The Kier molecular flexibility index (Phi) is 6.79. The highest BCUT2D eigenvalue weighted by Crippen LogP contribution is 2.50. The maximum Gasteiger partial charge on any atom is 0.305 e. The molecule has 4 heteroatoms. The van der Waals surface area contributed by atoms with Gasteiger partial charge in [-0.15, -0.1) is 0 Å². The first-order chi connectivity index (χ1) is 10.5. The quantitative estimate of drug-likeness (QED) is 0.515. The molecule has 1 fully saturated rings. The van der Waals surface area contributed by atoms with Crippen molar-refractivity contribution in [2.45, 2.75) is 80.2 Å². The van der Waals surface area contributed by atoms with Gasteiger partial charge in [-0.3, -0.25) is 4.79 Å². The maximum absolute atomic E-state index is 11.7. The van der Waals surface area contributed by atoms with Crippen LogP contribution in [0.3, 0.4) is 0 Å². The molecule has 0 radical (unpaired) electrons. The van der Waals surface area contributed by atoms with Crippen molar-refractivity contribution in [1.82, 2.24) is 0 Å². The van der Waals surface area contributed by atoms with Gasteiger partial charge in [-0.1, -0.05) is 46.7 Å². The average Bonchev–Trinajstić information content (AvgIpc) is 2.42. The monoisotopic (exact) mass is 325 g/mol. The standard InChI is InChI=1S/C19H35NO3/c1-8-23-16(21)10-9-13-11-14(18(2,3)4)17(20-22)15(12-13)19(5,6)7/h13-15,17H,8-12H2,1-7H3. The molecule has 0 aromatic rings. The van der Waals surface area contributed by atoms with Crippen molar-refractivity contribution >= 4 is 5.97 Å². The summed E-state index contributed by atoms with van der Waals surface area (Å²) in [6, 6.07) is -0.131. The summed E-state index contributed by atoms with van der Waals surface area (Å²) < 4.78 is 5.06. The zero-order chi connectivity index (χ0) is 17.8. The molecule has 2 unspecified atom stereocenters. The van der Waals surface area contributed by atoms with Crippen LogP contribution in [0.2, 0.25) is 0 Å². The average molecular weight is 325 g/mol. The van der Waals surface area contributed by atoms with Crippen LogP contribution >= 0.6 is 0 Å². The minimum Gasteiger partial charge on any atom is -0.466 e. The van der Waals surface area contributed by atoms with Crippen LogP contribution in [0, 0.1) is 33.5 Å². The predicted octanol–water partition coefficient (Wildman–Crippen LogP) is 5.20. The first kappa shape index (κ1) is 20.1. The summed E-state index contributed by atoms with van der Waals surface area (Å²) in [4.78, 5) is 23.3. The van der Waals surface area contributed by atoms with Gasteiger partial charge in [0.1, 0.15) is 0 Å². The first-order valence-corrected chi connectivity index (χ1v) is 8.98. The summed E-state index contributed by atoms with van der Waals surface area (Å²) in [5.41, 5.74) is 0.0926.